The normalized spacial score (nSPS) is 19.6. The van der Waals surface area contributed by atoms with Crippen molar-refractivity contribution >= 4 is 22.6 Å². The zero-order chi connectivity index (χ0) is 13.1. The van der Waals surface area contributed by atoms with Gasteiger partial charge in [0, 0.05) is 17.9 Å². The number of rotatable bonds is 2. The molecule has 0 spiro atoms. The van der Waals surface area contributed by atoms with Crippen molar-refractivity contribution in [1.82, 2.24) is 0 Å². The van der Waals surface area contributed by atoms with Gasteiger partial charge in [-0.25, -0.2) is 13.2 Å². The fraction of sp³-hybridized carbons (Fsp3) is 0.417. The Bertz CT molecular complexity index is 477. The minimum Gasteiger partial charge on any atom is -0.332 e. The number of anilines is 1. The summed E-state index contributed by atoms with van der Waals surface area (Å²) in [5.41, 5.74) is -0.212. The van der Waals surface area contributed by atoms with Crippen molar-refractivity contribution in [2.45, 2.75) is 25.8 Å². The van der Waals surface area contributed by atoms with Gasteiger partial charge >= 0.3 is 0 Å². The van der Waals surface area contributed by atoms with Gasteiger partial charge in [0.2, 0.25) is 0 Å². The van der Waals surface area contributed by atoms with Gasteiger partial charge in [0.25, 0.3) is 0 Å². The van der Waals surface area contributed by atoms with Crippen LogP contribution in [0.2, 0.25) is 0 Å². The van der Waals surface area contributed by atoms with Gasteiger partial charge in [-0.1, -0.05) is 18.7 Å². The Morgan fingerprint density at radius 2 is 2.17 bits per heavy atom. The molecule has 1 unspecified atom stereocenters. The highest BCUT2D eigenvalue weighted by Crippen LogP contribution is 2.24. The van der Waals surface area contributed by atoms with Crippen LogP contribution < -0.4 is 5.32 Å². The van der Waals surface area contributed by atoms with Gasteiger partial charge in [0.05, 0.1) is 11.7 Å². The van der Waals surface area contributed by atoms with E-state index in [0.29, 0.717) is 11.2 Å². The minimum atomic E-state index is -1.20. The second-order valence-electron chi connectivity index (χ2n) is 4.01. The molecule has 0 amide bonds. The van der Waals surface area contributed by atoms with Crippen LogP contribution in [0.5, 0.6) is 0 Å². The van der Waals surface area contributed by atoms with Crippen molar-refractivity contribution in [1.29, 1.82) is 0 Å². The number of hydrogen-bond acceptors (Lipinski definition) is 3. The molecule has 1 aliphatic rings. The summed E-state index contributed by atoms with van der Waals surface area (Å²) < 4.78 is 39.5. The van der Waals surface area contributed by atoms with Crippen LogP contribution in [0.1, 0.15) is 19.8 Å². The summed E-state index contributed by atoms with van der Waals surface area (Å²) in [7, 11) is 0. The molecular formula is C12H13F3N2S. The van der Waals surface area contributed by atoms with Crippen LogP contribution in [0, 0.1) is 17.5 Å². The zero-order valence-electron chi connectivity index (χ0n) is 9.84. The molecular weight excluding hydrogens is 261 g/mol. The van der Waals surface area contributed by atoms with E-state index in [0.717, 1.165) is 24.7 Å². The summed E-state index contributed by atoms with van der Waals surface area (Å²) in [5.74, 6) is -2.24. The highest BCUT2D eigenvalue weighted by molar-refractivity contribution is 8.14. The highest BCUT2D eigenvalue weighted by atomic mass is 32.2. The van der Waals surface area contributed by atoms with Crippen molar-refractivity contribution in [3.05, 3.63) is 29.6 Å². The smallest absolute Gasteiger partial charge is 0.182 e. The van der Waals surface area contributed by atoms with Crippen LogP contribution in [0.25, 0.3) is 0 Å². The molecule has 0 fully saturated rings. The van der Waals surface area contributed by atoms with Gasteiger partial charge in [0.1, 0.15) is 5.82 Å². The first-order chi connectivity index (χ1) is 8.60. The van der Waals surface area contributed by atoms with Gasteiger partial charge in [0.15, 0.2) is 16.8 Å². The predicted octanol–water partition coefficient (Wildman–Crippen LogP) is 3.79. The van der Waals surface area contributed by atoms with Crippen molar-refractivity contribution in [2.24, 2.45) is 4.99 Å². The molecule has 0 aliphatic carbocycles. The van der Waals surface area contributed by atoms with Crippen molar-refractivity contribution in [3.8, 4) is 0 Å². The van der Waals surface area contributed by atoms with Gasteiger partial charge in [-0.15, -0.1) is 0 Å². The summed E-state index contributed by atoms with van der Waals surface area (Å²) in [6.45, 7) is 2.02. The number of nitrogens with one attached hydrogen (secondary N) is 1. The first kappa shape index (κ1) is 13.3. The Kier molecular flexibility index (Phi) is 4.16. The summed E-state index contributed by atoms with van der Waals surface area (Å²) in [5, 5.41) is 3.16. The second kappa shape index (κ2) is 5.65. The molecule has 0 radical (unpaired) electrons. The standard InChI is InChI=1S/C12H13F3N2S/c1-2-8-3-4-18-12(16-8)17-10-6-7(13)5-9(14)11(10)15/h5-6,8H,2-4H2,1H3,(H,16,17). The van der Waals surface area contributed by atoms with Crippen LogP contribution in [0.4, 0.5) is 18.9 Å². The number of nitrogens with zero attached hydrogens (tertiary/aromatic N) is 1. The van der Waals surface area contributed by atoms with Crippen molar-refractivity contribution in [2.75, 3.05) is 11.1 Å². The average molecular weight is 274 g/mol. The summed E-state index contributed by atoms with van der Waals surface area (Å²) in [4.78, 5) is 4.35. The van der Waals surface area contributed by atoms with E-state index in [4.69, 9.17) is 0 Å². The van der Waals surface area contributed by atoms with E-state index in [1.807, 2.05) is 6.92 Å². The third-order valence-electron chi connectivity index (χ3n) is 2.70. The SMILES string of the molecule is CCC1CCSC(Nc2cc(F)cc(F)c2F)=N1. The lowest BCUT2D eigenvalue weighted by Crippen LogP contribution is -2.20. The van der Waals surface area contributed by atoms with Crippen LogP contribution >= 0.6 is 11.8 Å². The first-order valence-electron chi connectivity index (χ1n) is 5.72. The van der Waals surface area contributed by atoms with E-state index in [-0.39, 0.29) is 11.7 Å². The number of halogens is 3. The molecule has 0 aromatic heterocycles. The Morgan fingerprint density at radius 3 is 2.89 bits per heavy atom. The largest absolute Gasteiger partial charge is 0.332 e. The molecule has 1 aromatic carbocycles. The van der Waals surface area contributed by atoms with E-state index >= 15 is 0 Å². The molecule has 0 bridgehead atoms. The van der Waals surface area contributed by atoms with Gasteiger partial charge in [-0.3, -0.25) is 4.99 Å². The Morgan fingerprint density at radius 1 is 1.39 bits per heavy atom. The van der Waals surface area contributed by atoms with Crippen LogP contribution in [-0.2, 0) is 0 Å². The molecule has 2 rings (SSSR count). The van der Waals surface area contributed by atoms with Crippen LogP contribution in [-0.4, -0.2) is 17.0 Å². The Balaban J connectivity index is 2.21. The molecule has 98 valence electrons. The fourth-order valence-electron chi connectivity index (χ4n) is 1.69. The molecule has 1 aliphatic heterocycles. The summed E-state index contributed by atoms with van der Waals surface area (Å²) in [6, 6.07) is 1.64. The first-order valence-corrected chi connectivity index (χ1v) is 6.71. The van der Waals surface area contributed by atoms with Crippen molar-refractivity contribution < 1.29 is 13.2 Å². The number of benzene rings is 1. The van der Waals surface area contributed by atoms with Gasteiger partial charge in [-0.05, 0) is 12.8 Å². The molecule has 0 saturated heterocycles. The Labute approximate surface area is 108 Å². The van der Waals surface area contributed by atoms with Gasteiger partial charge < -0.3 is 5.32 Å². The second-order valence-corrected chi connectivity index (χ2v) is 5.09. The van der Waals surface area contributed by atoms with E-state index in [1.165, 1.54) is 11.8 Å². The monoisotopic (exact) mass is 274 g/mol. The lowest BCUT2D eigenvalue weighted by atomic mass is 10.2. The lowest BCUT2D eigenvalue weighted by molar-refractivity contribution is 0.498. The van der Waals surface area contributed by atoms with Crippen LogP contribution in [0.3, 0.4) is 0 Å². The molecule has 1 N–H and O–H groups in total. The summed E-state index contributed by atoms with van der Waals surface area (Å²) in [6.07, 6.45) is 1.86. The Hall–Kier alpha value is -1.17. The molecule has 1 atom stereocenters. The third kappa shape index (κ3) is 2.98. The van der Waals surface area contributed by atoms with Crippen molar-refractivity contribution in [3.63, 3.8) is 0 Å². The predicted molar refractivity (Wildman–Crippen MR) is 68.5 cm³/mol. The summed E-state index contributed by atoms with van der Waals surface area (Å²) >= 11 is 1.42. The third-order valence-corrected chi connectivity index (χ3v) is 3.62. The zero-order valence-corrected chi connectivity index (χ0v) is 10.7. The molecule has 0 saturated carbocycles. The van der Waals surface area contributed by atoms with Gasteiger partial charge in [-0.2, -0.15) is 0 Å². The van der Waals surface area contributed by atoms with E-state index in [1.54, 1.807) is 0 Å². The fourth-order valence-corrected chi connectivity index (χ4v) is 2.67. The van der Waals surface area contributed by atoms with E-state index in [9.17, 15) is 13.2 Å². The average Bonchev–Trinajstić information content (AvgIpc) is 2.35. The minimum absolute atomic E-state index is 0.190. The lowest BCUT2D eigenvalue weighted by Gasteiger charge is -2.19. The maximum Gasteiger partial charge on any atom is 0.182 e. The van der Waals surface area contributed by atoms with E-state index < -0.39 is 17.5 Å². The molecule has 1 heterocycles. The number of aliphatic imine (C=N–C) groups is 1. The number of amidine groups is 1. The molecule has 1 aromatic rings. The number of thioether (sulfide) groups is 1. The van der Waals surface area contributed by atoms with E-state index in [2.05, 4.69) is 10.3 Å². The maximum absolute atomic E-state index is 13.4. The van der Waals surface area contributed by atoms with Crippen LogP contribution in [0.15, 0.2) is 17.1 Å². The molecule has 2 nitrogen and oxygen atoms in total. The quantitative estimate of drug-likeness (QED) is 0.830. The molecule has 18 heavy (non-hydrogen) atoms. The molecule has 6 heteroatoms. The highest BCUT2D eigenvalue weighted by Gasteiger charge is 2.17. The maximum atomic E-state index is 13.4. The number of hydrogen-bond donors (Lipinski definition) is 1. The topological polar surface area (TPSA) is 24.4 Å².